The molecule has 0 radical (unpaired) electrons. The largest absolute Gasteiger partial charge is 0.438 e. The zero-order chi connectivity index (χ0) is 24.5. The Morgan fingerprint density at radius 2 is 1.76 bits per heavy atom. The molecule has 0 unspecified atom stereocenters. The lowest BCUT2D eigenvalue weighted by Crippen LogP contribution is -2.19. The lowest BCUT2D eigenvalue weighted by atomic mass is 10.1. The Labute approximate surface area is 204 Å². The Hall–Kier alpha value is -3.74. The van der Waals surface area contributed by atoms with Crippen LogP contribution in [0.3, 0.4) is 0 Å². The number of fused-ring (bicyclic) bond motifs is 1. The molecule has 0 saturated carbocycles. The third kappa shape index (κ3) is 4.64. The van der Waals surface area contributed by atoms with Gasteiger partial charge >= 0.3 is 0 Å². The van der Waals surface area contributed by atoms with Crippen molar-refractivity contribution in [2.24, 2.45) is 0 Å². The van der Waals surface area contributed by atoms with Crippen molar-refractivity contribution in [3.05, 3.63) is 103 Å². The molecule has 0 atom stereocenters. The third-order valence-corrected chi connectivity index (χ3v) is 7.15. The summed E-state index contributed by atoms with van der Waals surface area (Å²) in [5.41, 5.74) is 1.49. The second-order valence-electron chi connectivity index (χ2n) is 7.57. The predicted octanol–water partition coefficient (Wildman–Crippen LogP) is 5.20. The SMILES string of the molecule is Cc1cc(C)cc(Oc2nc3ccccn3c(=O)c2C=C(C#N)S(=O)(=O)c2ccc(Br)cc2)c1. The number of rotatable bonds is 5. The highest BCUT2D eigenvalue weighted by Crippen LogP contribution is 2.28. The van der Waals surface area contributed by atoms with E-state index in [1.54, 1.807) is 48.5 Å². The smallest absolute Gasteiger partial charge is 0.269 e. The quantitative estimate of drug-likeness (QED) is 0.325. The molecule has 2 heterocycles. The van der Waals surface area contributed by atoms with Gasteiger partial charge in [-0.25, -0.2) is 8.42 Å². The van der Waals surface area contributed by atoms with Crippen molar-refractivity contribution >= 4 is 37.5 Å². The van der Waals surface area contributed by atoms with Crippen molar-refractivity contribution in [3.63, 3.8) is 0 Å². The van der Waals surface area contributed by atoms with Crippen LogP contribution in [0.4, 0.5) is 0 Å². The summed E-state index contributed by atoms with van der Waals surface area (Å²) in [4.78, 5) is 17.1. The summed E-state index contributed by atoms with van der Waals surface area (Å²) in [6.45, 7) is 3.81. The molecular weight excluding hydrogens is 518 g/mol. The van der Waals surface area contributed by atoms with Crippen LogP contribution in [0.2, 0.25) is 0 Å². The van der Waals surface area contributed by atoms with E-state index in [0.717, 1.165) is 17.2 Å². The maximum atomic E-state index is 13.3. The molecule has 0 spiro atoms. The van der Waals surface area contributed by atoms with Crippen LogP contribution in [0, 0.1) is 25.2 Å². The summed E-state index contributed by atoms with van der Waals surface area (Å²) in [7, 11) is -4.19. The van der Waals surface area contributed by atoms with Crippen LogP contribution < -0.4 is 10.3 Å². The zero-order valence-corrected chi connectivity index (χ0v) is 20.6. The Bertz CT molecular complexity index is 1630. The number of aryl methyl sites for hydroxylation is 2. The molecule has 0 N–H and O–H groups in total. The van der Waals surface area contributed by atoms with Gasteiger partial charge in [0.05, 0.1) is 4.90 Å². The van der Waals surface area contributed by atoms with Gasteiger partial charge in [-0.05, 0) is 79.6 Å². The van der Waals surface area contributed by atoms with Crippen LogP contribution in [0.5, 0.6) is 11.6 Å². The van der Waals surface area contributed by atoms with Crippen molar-refractivity contribution in [1.29, 1.82) is 5.26 Å². The van der Waals surface area contributed by atoms with Gasteiger partial charge in [0.2, 0.25) is 15.7 Å². The number of ether oxygens (including phenoxy) is 1. The van der Waals surface area contributed by atoms with E-state index in [-0.39, 0.29) is 16.3 Å². The number of halogens is 1. The number of pyridine rings is 1. The molecule has 0 bridgehead atoms. The third-order valence-electron chi connectivity index (χ3n) is 4.94. The van der Waals surface area contributed by atoms with Crippen LogP contribution in [-0.4, -0.2) is 17.8 Å². The van der Waals surface area contributed by atoms with Gasteiger partial charge < -0.3 is 4.74 Å². The number of hydrogen-bond acceptors (Lipinski definition) is 6. The highest BCUT2D eigenvalue weighted by atomic mass is 79.9. The molecular formula is C25H18BrN3O4S. The minimum atomic E-state index is -4.19. The van der Waals surface area contributed by atoms with E-state index >= 15 is 0 Å². The molecule has 4 aromatic rings. The lowest BCUT2D eigenvalue weighted by molar-refractivity contribution is 0.460. The van der Waals surface area contributed by atoms with E-state index in [1.807, 2.05) is 19.9 Å². The molecule has 0 amide bonds. The van der Waals surface area contributed by atoms with Crippen LogP contribution in [0.25, 0.3) is 11.7 Å². The fraction of sp³-hybridized carbons (Fsp3) is 0.0800. The second-order valence-corrected chi connectivity index (χ2v) is 10.4. The fourth-order valence-electron chi connectivity index (χ4n) is 3.43. The van der Waals surface area contributed by atoms with Crippen LogP contribution in [0.1, 0.15) is 16.7 Å². The van der Waals surface area contributed by atoms with Crippen molar-refractivity contribution < 1.29 is 13.2 Å². The molecule has 0 fully saturated rings. The lowest BCUT2D eigenvalue weighted by Gasteiger charge is -2.11. The van der Waals surface area contributed by atoms with E-state index in [1.165, 1.54) is 22.7 Å². The minimum Gasteiger partial charge on any atom is -0.438 e. The first kappa shape index (κ1) is 23.4. The van der Waals surface area contributed by atoms with Crippen LogP contribution in [-0.2, 0) is 9.84 Å². The van der Waals surface area contributed by atoms with E-state index in [4.69, 9.17) is 4.74 Å². The van der Waals surface area contributed by atoms with E-state index in [9.17, 15) is 18.5 Å². The summed E-state index contributed by atoms with van der Waals surface area (Å²) in [6, 6.07) is 18.1. The highest BCUT2D eigenvalue weighted by Gasteiger charge is 2.23. The molecule has 4 rings (SSSR count). The number of hydrogen-bond donors (Lipinski definition) is 0. The van der Waals surface area contributed by atoms with Gasteiger partial charge in [0.25, 0.3) is 5.56 Å². The molecule has 9 heteroatoms. The first-order valence-corrected chi connectivity index (χ1v) is 12.4. The van der Waals surface area contributed by atoms with Crippen LogP contribution in [0.15, 0.2) is 85.9 Å². The van der Waals surface area contributed by atoms with Crippen molar-refractivity contribution in [2.75, 3.05) is 0 Å². The first-order chi connectivity index (χ1) is 16.2. The standard InChI is InChI=1S/C25H18BrN3O4S/c1-16-11-17(2)13-19(12-16)33-24-22(25(30)29-10-4-3-5-23(29)28-24)14-21(15-27)34(31,32)20-8-6-18(26)7-9-20/h3-14H,1-2H3. The molecule has 7 nitrogen and oxygen atoms in total. The molecule has 0 saturated heterocycles. The van der Waals surface area contributed by atoms with Gasteiger partial charge in [-0.1, -0.05) is 28.1 Å². The van der Waals surface area contributed by atoms with E-state index < -0.39 is 20.3 Å². The maximum Gasteiger partial charge on any atom is 0.269 e. The first-order valence-electron chi connectivity index (χ1n) is 10.1. The summed E-state index contributed by atoms with van der Waals surface area (Å²) in [6.07, 6.45) is 2.53. The Balaban J connectivity index is 1.94. The van der Waals surface area contributed by atoms with Gasteiger partial charge in [0.1, 0.15) is 27.9 Å². The number of nitriles is 1. The number of nitrogens with zero attached hydrogens (tertiary/aromatic N) is 3. The van der Waals surface area contributed by atoms with Crippen LogP contribution >= 0.6 is 15.9 Å². The Morgan fingerprint density at radius 1 is 1.09 bits per heavy atom. The van der Waals surface area contributed by atoms with Gasteiger partial charge in [0, 0.05) is 10.7 Å². The maximum absolute atomic E-state index is 13.3. The Morgan fingerprint density at radius 3 is 2.41 bits per heavy atom. The number of allylic oxidation sites excluding steroid dienone is 1. The van der Waals surface area contributed by atoms with Gasteiger partial charge in [-0.3, -0.25) is 9.20 Å². The van der Waals surface area contributed by atoms with Crippen molar-refractivity contribution in [3.8, 4) is 17.7 Å². The minimum absolute atomic E-state index is 0.0749. The zero-order valence-electron chi connectivity index (χ0n) is 18.2. The van der Waals surface area contributed by atoms with Gasteiger partial charge in [-0.2, -0.15) is 10.2 Å². The topological polar surface area (TPSA) is 102 Å². The molecule has 2 aromatic carbocycles. The molecule has 0 aliphatic rings. The van der Waals surface area contributed by atoms with Gasteiger partial charge in [0.15, 0.2) is 0 Å². The fourth-order valence-corrected chi connectivity index (χ4v) is 4.83. The van der Waals surface area contributed by atoms with Crippen molar-refractivity contribution in [2.45, 2.75) is 18.7 Å². The summed E-state index contributed by atoms with van der Waals surface area (Å²) >= 11 is 3.26. The summed E-state index contributed by atoms with van der Waals surface area (Å²) in [5, 5.41) is 9.72. The predicted molar refractivity (Wildman–Crippen MR) is 132 cm³/mol. The summed E-state index contributed by atoms with van der Waals surface area (Å²) in [5.74, 6) is 0.341. The Kier molecular flexibility index (Phi) is 6.37. The second kappa shape index (κ2) is 9.25. The number of benzene rings is 2. The van der Waals surface area contributed by atoms with Crippen molar-refractivity contribution in [1.82, 2.24) is 9.38 Å². The van der Waals surface area contributed by atoms with E-state index in [2.05, 4.69) is 20.9 Å². The van der Waals surface area contributed by atoms with E-state index in [0.29, 0.717) is 15.9 Å². The highest BCUT2D eigenvalue weighted by molar-refractivity contribution is 9.10. The normalized spacial score (nSPS) is 11.9. The molecule has 0 aliphatic heterocycles. The molecule has 0 aliphatic carbocycles. The number of aromatic nitrogens is 2. The molecule has 170 valence electrons. The monoisotopic (exact) mass is 535 g/mol. The average molecular weight is 536 g/mol. The number of sulfone groups is 1. The molecule has 34 heavy (non-hydrogen) atoms. The average Bonchev–Trinajstić information content (AvgIpc) is 2.78. The summed E-state index contributed by atoms with van der Waals surface area (Å²) < 4.78 is 34.2. The van der Waals surface area contributed by atoms with Gasteiger partial charge in [-0.15, -0.1) is 0 Å². The molecule has 2 aromatic heterocycles.